The molecule has 0 radical (unpaired) electrons. The average molecular weight is 258 g/mol. The Morgan fingerprint density at radius 1 is 1.44 bits per heavy atom. The zero-order valence-electron chi connectivity index (χ0n) is 10.3. The van der Waals surface area contributed by atoms with E-state index in [2.05, 4.69) is 5.32 Å². The van der Waals surface area contributed by atoms with Crippen LogP contribution in [0.3, 0.4) is 0 Å². The number of amides is 1. The number of hydrogen-bond acceptors (Lipinski definition) is 3. The van der Waals surface area contributed by atoms with E-state index in [9.17, 15) is 13.6 Å². The second-order valence-corrected chi connectivity index (χ2v) is 3.89. The molecule has 18 heavy (non-hydrogen) atoms. The standard InChI is InChI=1S/C12H16F2N2O2/c1-3-18-6-7(2)16-12(17)8-4-9(13)11(15)10(14)5-8/h4-5,7H,3,6,15H2,1-2H3,(H,16,17). The molecule has 1 rings (SSSR count). The van der Waals surface area contributed by atoms with Crippen molar-refractivity contribution in [2.24, 2.45) is 0 Å². The minimum atomic E-state index is -0.947. The first-order chi connectivity index (χ1) is 8.45. The van der Waals surface area contributed by atoms with E-state index in [1.807, 2.05) is 6.92 Å². The maximum absolute atomic E-state index is 13.2. The molecule has 0 fully saturated rings. The Balaban J connectivity index is 2.73. The quantitative estimate of drug-likeness (QED) is 0.790. The predicted molar refractivity (Wildman–Crippen MR) is 64.2 cm³/mol. The van der Waals surface area contributed by atoms with Gasteiger partial charge in [-0.15, -0.1) is 0 Å². The van der Waals surface area contributed by atoms with Crippen LogP contribution in [0.25, 0.3) is 0 Å². The highest BCUT2D eigenvalue weighted by Crippen LogP contribution is 2.17. The fraction of sp³-hybridized carbons (Fsp3) is 0.417. The van der Waals surface area contributed by atoms with Crippen LogP contribution in [0, 0.1) is 11.6 Å². The molecule has 1 aromatic carbocycles. The average Bonchev–Trinajstić information content (AvgIpc) is 2.32. The number of benzene rings is 1. The van der Waals surface area contributed by atoms with Gasteiger partial charge in [0.25, 0.3) is 5.91 Å². The summed E-state index contributed by atoms with van der Waals surface area (Å²) in [6.07, 6.45) is 0. The Morgan fingerprint density at radius 2 is 2.00 bits per heavy atom. The van der Waals surface area contributed by atoms with Gasteiger partial charge in [-0.3, -0.25) is 4.79 Å². The summed E-state index contributed by atoms with van der Waals surface area (Å²) in [5, 5.41) is 2.57. The Kier molecular flexibility index (Phi) is 5.03. The molecule has 0 bridgehead atoms. The van der Waals surface area contributed by atoms with Gasteiger partial charge in [0.1, 0.15) is 17.3 Å². The van der Waals surface area contributed by atoms with Crippen LogP contribution in [0.1, 0.15) is 24.2 Å². The summed E-state index contributed by atoms with van der Waals surface area (Å²) in [7, 11) is 0. The number of carbonyl (C=O) groups is 1. The number of halogens is 2. The first kappa shape index (κ1) is 14.4. The molecule has 1 unspecified atom stereocenters. The summed E-state index contributed by atoms with van der Waals surface area (Å²) in [6, 6.07) is 1.56. The highest BCUT2D eigenvalue weighted by Gasteiger charge is 2.14. The van der Waals surface area contributed by atoms with E-state index in [4.69, 9.17) is 10.5 Å². The fourth-order valence-corrected chi connectivity index (χ4v) is 1.36. The van der Waals surface area contributed by atoms with Crippen molar-refractivity contribution in [3.63, 3.8) is 0 Å². The van der Waals surface area contributed by atoms with Crippen LogP contribution < -0.4 is 11.1 Å². The van der Waals surface area contributed by atoms with E-state index in [0.29, 0.717) is 13.2 Å². The topological polar surface area (TPSA) is 64.3 Å². The SMILES string of the molecule is CCOCC(C)NC(=O)c1cc(F)c(N)c(F)c1. The van der Waals surface area contributed by atoms with E-state index in [0.717, 1.165) is 12.1 Å². The maximum atomic E-state index is 13.2. The van der Waals surface area contributed by atoms with E-state index in [1.165, 1.54) is 0 Å². The van der Waals surface area contributed by atoms with Gasteiger partial charge < -0.3 is 15.8 Å². The third-order valence-electron chi connectivity index (χ3n) is 2.29. The molecule has 0 aliphatic heterocycles. The Labute approximate surface area is 104 Å². The van der Waals surface area contributed by atoms with Gasteiger partial charge in [0, 0.05) is 18.2 Å². The number of ether oxygens (including phenoxy) is 1. The van der Waals surface area contributed by atoms with Crippen LogP contribution >= 0.6 is 0 Å². The van der Waals surface area contributed by atoms with Crippen LogP contribution in [0.2, 0.25) is 0 Å². The van der Waals surface area contributed by atoms with Gasteiger partial charge >= 0.3 is 0 Å². The number of nitrogens with one attached hydrogen (secondary N) is 1. The van der Waals surface area contributed by atoms with Crippen molar-refractivity contribution in [1.82, 2.24) is 5.32 Å². The lowest BCUT2D eigenvalue weighted by atomic mass is 10.1. The summed E-state index contributed by atoms with van der Waals surface area (Å²) in [6.45, 7) is 4.43. The van der Waals surface area contributed by atoms with Gasteiger partial charge in [0.15, 0.2) is 0 Å². The van der Waals surface area contributed by atoms with Crippen molar-refractivity contribution in [3.05, 3.63) is 29.3 Å². The monoisotopic (exact) mass is 258 g/mol. The Bertz CT molecular complexity index is 415. The summed E-state index contributed by atoms with van der Waals surface area (Å²) in [4.78, 5) is 11.7. The molecule has 0 spiro atoms. The van der Waals surface area contributed by atoms with Crippen LogP contribution in [-0.2, 0) is 4.74 Å². The first-order valence-electron chi connectivity index (χ1n) is 5.58. The molecule has 100 valence electrons. The normalized spacial score (nSPS) is 12.2. The molecular formula is C12H16F2N2O2. The number of anilines is 1. The van der Waals surface area contributed by atoms with E-state index in [-0.39, 0.29) is 11.6 Å². The largest absolute Gasteiger partial charge is 0.394 e. The molecule has 0 saturated carbocycles. The molecule has 4 nitrogen and oxygen atoms in total. The van der Waals surface area contributed by atoms with Gasteiger partial charge in [0.05, 0.1) is 6.61 Å². The lowest BCUT2D eigenvalue weighted by Crippen LogP contribution is -2.36. The van der Waals surface area contributed by atoms with Crippen molar-refractivity contribution in [1.29, 1.82) is 0 Å². The van der Waals surface area contributed by atoms with E-state index < -0.39 is 23.2 Å². The zero-order valence-corrected chi connectivity index (χ0v) is 10.3. The summed E-state index contributed by atoms with van der Waals surface area (Å²) in [5.41, 5.74) is 4.42. The molecule has 1 atom stereocenters. The molecule has 0 aliphatic rings. The van der Waals surface area contributed by atoms with Gasteiger partial charge in [-0.2, -0.15) is 0 Å². The lowest BCUT2D eigenvalue weighted by molar-refractivity contribution is 0.0871. The third-order valence-corrected chi connectivity index (χ3v) is 2.29. The van der Waals surface area contributed by atoms with Crippen molar-refractivity contribution in [3.8, 4) is 0 Å². The molecule has 0 aliphatic carbocycles. The predicted octanol–water partition coefficient (Wildman–Crippen LogP) is 1.70. The van der Waals surface area contributed by atoms with Crippen molar-refractivity contribution >= 4 is 11.6 Å². The van der Waals surface area contributed by atoms with Crippen LogP contribution in [-0.4, -0.2) is 25.2 Å². The molecule has 0 heterocycles. The highest BCUT2D eigenvalue weighted by atomic mass is 19.1. The first-order valence-corrected chi connectivity index (χ1v) is 5.58. The smallest absolute Gasteiger partial charge is 0.251 e. The summed E-state index contributed by atoms with van der Waals surface area (Å²) < 4.78 is 31.5. The summed E-state index contributed by atoms with van der Waals surface area (Å²) in [5.74, 6) is -2.46. The second-order valence-electron chi connectivity index (χ2n) is 3.89. The fourth-order valence-electron chi connectivity index (χ4n) is 1.36. The molecular weight excluding hydrogens is 242 g/mol. The molecule has 6 heteroatoms. The Morgan fingerprint density at radius 3 is 2.50 bits per heavy atom. The van der Waals surface area contributed by atoms with Crippen LogP contribution in [0.5, 0.6) is 0 Å². The number of rotatable bonds is 5. The van der Waals surface area contributed by atoms with Gasteiger partial charge in [-0.25, -0.2) is 8.78 Å². The zero-order chi connectivity index (χ0) is 13.7. The van der Waals surface area contributed by atoms with E-state index >= 15 is 0 Å². The molecule has 1 aromatic rings. The Hall–Kier alpha value is -1.69. The number of nitrogen functional groups attached to an aromatic ring is 1. The van der Waals surface area contributed by atoms with Crippen molar-refractivity contribution in [2.45, 2.75) is 19.9 Å². The molecule has 1 amide bonds. The minimum absolute atomic E-state index is 0.109. The lowest BCUT2D eigenvalue weighted by Gasteiger charge is -2.14. The van der Waals surface area contributed by atoms with Crippen LogP contribution in [0.4, 0.5) is 14.5 Å². The van der Waals surface area contributed by atoms with Crippen molar-refractivity contribution in [2.75, 3.05) is 18.9 Å². The van der Waals surface area contributed by atoms with E-state index in [1.54, 1.807) is 6.92 Å². The molecule has 3 N–H and O–H groups in total. The molecule has 0 saturated heterocycles. The highest BCUT2D eigenvalue weighted by molar-refractivity contribution is 5.94. The van der Waals surface area contributed by atoms with Gasteiger partial charge in [-0.1, -0.05) is 0 Å². The van der Waals surface area contributed by atoms with Crippen molar-refractivity contribution < 1.29 is 18.3 Å². The van der Waals surface area contributed by atoms with Gasteiger partial charge in [-0.05, 0) is 26.0 Å². The molecule has 0 aromatic heterocycles. The van der Waals surface area contributed by atoms with Crippen LogP contribution in [0.15, 0.2) is 12.1 Å². The number of hydrogen-bond donors (Lipinski definition) is 2. The third kappa shape index (κ3) is 3.66. The number of nitrogens with two attached hydrogens (primary N) is 1. The summed E-state index contributed by atoms with van der Waals surface area (Å²) >= 11 is 0. The number of carbonyl (C=O) groups excluding carboxylic acids is 1. The second kappa shape index (κ2) is 6.30. The minimum Gasteiger partial charge on any atom is -0.394 e. The maximum Gasteiger partial charge on any atom is 0.251 e. The van der Waals surface area contributed by atoms with Gasteiger partial charge in [0.2, 0.25) is 0 Å².